The normalized spacial score (nSPS) is 15.4. The first-order valence-electron chi connectivity index (χ1n) is 6.28. The molecule has 1 fully saturated rings. The summed E-state index contributed by atoms with van der Waals surface area (Å²) >= 11 is 6.15. The molecule has 1 aromatic carbocycles. The summed E-state index contributed by atoms with van der Waals surface area (Å²) in [5.41, 5.74) is 1.97. The Morgan fingerprint density at radius 2 is 2.12 bits per heavy atom. The smallest absolute Gasteiger partial charge is 0.0716 e. The van der Waals surface area contributed by atoms with Crippen LogP contribution in [0.25, 0.3) is 0 Å². The van der Waals surface area contributed by atoms with Gasteiger partial charge in [-0.2, -0.15) is 0 Å². The molecule has 0 radical (unpaired) electrons. The molecule has 0 aliphatic heterocycles. The van der Waals surface area contributed by atoms with Crippen LogP contribution in [-0.2, 0) is 6.61 Å². The lowest BCUT2D eigenvalue weighted by Gasteiger charge is -2.29. The summed E-state index contributed by atoms with van der Waals surface area (Å²) in [5, 5.41) is 10.1. The minimum Gasteiger partial charge on any atom is -0.392 e. The molecule has 2 nitrogen and oxygen atoms in total. The Morgan fingerprint density at radius 1 is 1.41 bits per heavy atom. The highest BCUT2D eigenvalue weighted by Crippen LogP contribution is 2.36. The van der Waals surface area contributed by atoms with Crippen molar-refractivity contribution in [2.24, 2.45) is 5.92 Å². The highest BCUT2D eigenvalue weighted by Gasteiger charge is 2.30. The van der Waals surface area contributed by atoms with Crippen LogP contribution in [0.3, 0.4) is 0 Å². The molecular formula is C14H20ClNO. The van der Waals surface area contributed by atoms with Crippen molar-refractivity contribution in [2.75, 3.05) is 11.4 Å². The summed E-state index contributed by atoms with van der Waals surface area (Å²) in [4.78, 5) is 2.40. The number of rotatable bonds is 5. The molecule has 0 atom stereocenters. The predicted molar refractivity (Wildman–Crippen MR) is 72.6 cm³/mol. The second-order valence-corrected chi connectivity index (χ2v) is 5.58. The molecule has 1 aliphatic rings. The van der Waals surface area contributed by atoms with Gasteiger partial charge >= 0.3 is 0 Å². The van der Waals surface area contributed by atoms with E-state index in [1.165, 1.54) is 12.8 Å². The summed E-state index contributed by atoms with van der Waals surface area (Å²) in [5.74, 6) is 0.612. The highest BCUT2D eigenvalue weighted by atomic mass is 35.5. The molecule has 1 aliphatic carbocycles. The van der Waals surface area contributed by atoms with Crippen LogP contribution in [0.1, 0.15) is 32.3 Å². The first-order valence-corrected chi connectivity index (χ1v) is 6.66. The zero-order valence-corrected chi connectivity index (χ0v) is 11.2. The Hall–Kier alpha value is -0.730. The van der Waals surface area contributed by atoms with Gasteiger partial charge < -0.3 is 10.0 Å². The largest absolute Gasteiger partial charge is 0.392 e. The Morgan fingerprint density at radius 3 is 2.65 bits per heavy atom. The van der Waals surface area contributed by atoms with E-state index in [-0.39, 0.29) is 6.61 Å². The fraction of sp³-hybridized carbons (Fsp3) is 0.571. The molecule has 94 valence electrons. The number of hydrogen-bond donors (Lipinski definition) is 1. The van der Waals surface area contributed by atoms with E-state index in [1.807, 2.05) is 12.1 Å². The molecule has 1 aromatic rings. The molecule has 3 heteroatoms. The fourth-order valence-corrected chi connectivity index (χ4v) is 2.43. The fourth-order valence-electron chi connectivity index (χ4n) is 2.20. The van der Waals surface area contributed by atoms with Gasteiger partial charge in [-0.1, -0.05) is 31.5 Å². The van der Waals surface area contributed by atoms with Gasteiger partial charge in [0, 0.05) is 28.9 Å². The topological polar surface area (TPSA) is 23.5 Å². The first-order chi connectivity index (χ1) is 8.13. The van der Waals surface area contributed by atoms with Crippen LogP contribution >= 0.6 is 11.6 Å². The molecule has 0 saturated heterocycles. The molecule has 0 amide bonds. The Labute approximate surface area is 108 Å². The molecular weight excluding hydrogens is 234 g/mol. The van der Waals surface area contributed by atoms with Crippen molar-refractivity contribution >= 4 is 17.3 Å². The second-order valence-electron chi connectivity index (χ2n) is 5.17. The molecule has 0 unspecified atom stereocenters. The number of hydrogen-bond acceptors (Lipinski definition) is 2. The summed E-state index contributed by atoms with van der Waals surface area (Å²) < 4.78 is 0. The van der Waals surface area contributed by atoms with Gasteiger partial charge in [0.05, 0.1) is 6.61 Å². The van der Waals surface area contributed by atoms with Crippen LogP contribution in [-0.4, -0.2) is 17.7 Å². The van der Waals surface area contributed by atoms with E-state index in [0.29, 0.717) is 17.0 Å². The van der Waals surface area contributed by atoms with E-state index in [1.54, 1.807) is 0 Å². The number of aliphatic hydroxyl groups excluding tert-OH is 1. The van der Waals surface area contributed by atoms with E-state index in [4.69, 9.17) is 11.6 Å². The van der Waals surface area contributed by atoms with Crippen LogP contribution in [0.15, 0.2) is 18.2 Å². The monoisotopic (exact) mass is 253 g/mol. The Balaban J connectivity index is 2.31. The zero-order valence-electron chi connectivity index (χ0n) is 10.5. The van der Waals surface area contributed by atoms with Crippen molar-refractivity contribution in [1.82, 2.24) is 0 Å². The van der Waals surface area contributed by atoms with Crippen LogP contribution in [0.4, 0.5) is 5.69 Å². The van der Waals surface area contributed by atoms with E-state index in [9.17, 15) is 5.11 Å². The van der Waals surface area contributed by atoms with Gasteiger partial charge in [0.1, 0.15) is 0 Å². The van der Waals surface area contributed by atoms with Gasteiger partial charge in [0.25, 0.3) is 0 Å². The third-order valence-corrected chi connectivity index (χ3v) is 3.47. The standard InChI is InChI=1S/C14H20ClNO/c1-10(2)8-16(11-6-7-11)14-5-3-4-13(15)12(14)9-17/h3-5,10-11,17H,6-9H2,1-2H3. The quantitative estimate of drug-likeness (QED) is 0.869. The second kappa shape index (κ2) is 5.28. The van der Waals surface area contributed by atoms with Crippen LogP contribution in [0, 0.1) is 5.92 Å². The molecule has 1 N–H and O–H groups in total. The molecule has 17 heavy (non-hydrogen) atoms. The van der Waals surface area contributed by atoms with E-state index in [2.05, 4.69) is 24.8 Å². The van der Waals surface area contributed by atoms with Crippen molar-refractivity contribution in [3.05, 3.63) is 28.8 Å². The number of benzene rings is 1. The number of nitrogens with zero attached hydrogens (tertiary/aromatic N) is 1. The van der Waals surface area contributed by atoms with Crippen LogP contribution in [0.2, 0.25) is 5.02 Å². The minimum absolute atomic E-state index is 0.0102. The summed E-state index contributed by atoms with van der Waals surface area (Å²) in [6.45, 7) is 5.48. The van der Waals surface area contributed by atoms with E-state index in [0.717, 1.165) is 17.8 Å². The lowest BCUT2D eigenvalue weighted by atomic mass is 10.1. The summed E-state index contributed by atoms with van der Waals surface area (Å²) in [6, 6.07) is 6.52. The summed E-state index contributed by atoms with van der Waals surface area (Å²) in [7, 11) is 0. The number of halogens is 1. The maximum absolute atomic E-state index is 9.47. The maximum atomic E-state index is 9.47. The van der Waals surface area contributed by atoms with Crippen LogP contribution < -0.4 is 4.90 Å². The first kappa shape index (κ1) is 12.7. The van der Waals surface area contributed by atoms with Crippen molar-refractivity contribution in [2.45, 2.75) is 39.3 Å². The molecule has 0 aromatic heterocycles. The third-order valence-electron chi connectivity index (χ3n) is 3.11. The molecule has 2 rings (SSSR count). The van der Waals surface area contributed by atoms with Gasteiger partial charge in [-0.25, -0.2) is 0 Å². The lowest BCUT2D eigenvalue weighted by Crippen LogP contribution is -2.30. The predicted octanol–water partition coefficient (Wildman–Crippen LogP) is 3.46. The average molecular weight is 254 g/mol. The Kier molecular flexibility index (Phi) is 3.95. The van der Waals surface area contributed by atoms with Crippen molar-refractivity contribution in [1.29, 1.82) is 0 Å². The van der Waals surface area contributed by atoms with Gasteiger partial charge in [-0.3, -0.25) is 0 Å². The van der Waals surface area contributed by atoms with Crippen molar-refractivity contribution in [3.8, 4) is 0 Å². The number of anilines is 1. The van der Waals surface area contributed by atoms with Crippen molar-refractivity contribution < 1.29 is 5.11 Å². The lowest BCUT2D eigenvalue weighted by molar-refractivity contribution is 0.282. The Bertz CT molecular complexity index is 388. The molecule has 0 bridgehead atoms. The molecule has 0 heterocycles. The van der Waals surface area contributed by atoms with E-state index >= 15 is 0 Å². The highest BCUT2D eigenvalue weighted by molar-refractivity contribution is 6.31. The average Bonchev–Trinajstić information content (AvgIpc) is 3.09. The maximum Gasteiger partial charge on any atom is 0.0716 e. The van der Waals surface area contributed by atoms with Gasteiger partial charge in [0.2, 0.25) is 0 Å². The van der Waals surface area contributed by atoms with Crippen molar-refractivity contribution in [3.63, 3.8) is 0 Å². The van der Waals surface area contributed by atoms with Gasteiger partial charge in [-0.05, 0) is 30.9 Å². The zero-order chi connectivity index (χ0) is 12.4. The number of aliphatic hydroxyl groups is 1. The molecule has 0 spiro atoms. The van der Waals surface area contributed by atoms with Gasteiger partial charge in [-0.15, -0.1) is 0 Å². The minimum atomic E-state index is 0.0102. The van der Waals surface area contributed by atoms with Crippen LogP contribution in [0.5, 0.6) is 0 Å². The SMILES string of the molecule is CC(C)CN(c1cccc(Cl)c1CO)C1CC1. The summed E-state index contributed by atoms with van der Waals surface area (Å²) in [6.07, 6.45) is 2.51. The third kappa shape index (κ3) is 2.93. The molecule has 1 saturated carbocycles. The van der Waals surface area contributed by atoms with E-state index < -0.39 is 0 Å². The van der Waals surface area contributed by atoms with Gasteiger partial charge in [0.15, 0.2) is 0 Å².